The maximum Gasteiger partial charge on any atom is 0.488 e. The summed E-state index contributed by atoms with van der Waals surface area (Å²) in [7, 11) is -1.58. The van der Waals surface area contributed by atoms with Gasteiger partial charge in [-0.15, -0.1) is 0 Å². The number of rotatable bonds is 7. The fourth-order valence-corrected chi connectivity index (χ4v) is 4.14. The van der Waals surface area contributed by atoms with E-state index in [0.717, 1.165) is 22.2 Å². The van der Waals surface area contributed by atoms with E-state index in [4.69, 9.17) is 4.74 Å². The Kier molecular flexibility index (Phi) is 6.93. The van der Waals surface area contributed by atoms with Gasteiger partial charge in [-0.3, -0.25) is 14.5 Å². The lowest BCUT2D eigenvalue weighted by molar-refractivity contribution is -0.123. The SMILES string of the molecule is O=C1S/C(=C\c2ccc(OCc3ccccc3B(O)O)cc2)C(=O)N1Cc1ccc(F)cc1. The van der Waals surface area contributed by atoms with Crippen LogP contribution in [-0.2, 0) is 17.9 Å². The van der Waals surface area contributed by atoms with Crippen molar-refractivity contribution in [3.8, 4) is 5.75 Å². The third-order valence-corrected chi connectivity index (χ3v) is 5.94. The second-order valence-electron chi connectivity index (χ2n) is 7.32. The topological polar surface area (TPSA) is 87.1 Å². The number of nitrogens with zero attached hydrogens (tertiary/aromatic N) is 1. The highest BCUT2D eigenvalue weighted by molar-refractivity contribution is 8.18. The summed E-state index contributed by atoms with van der Waals surface area (Å²) in [5.74, 6) is -0.206. The lowest BCUT2D eigenvalue weighted by atomic mass is 9.77. The monoisotopic (exact) mass is 463 g/mol. The Hall–Kier alpha value is -3.40. The molecule has 0 aromatic heterocycles. The third-order valence-electron chi connectivity index (χ3n) is 5.03. The molecule has 4 rings (SSSR count). The number of benzene rings is 3. The van der Waals surface area contributed by atoms with E-state index in [1.54, 1.807) is 66.7 Å². The summed E-state index contributed by atoms with van der Waals surface area (Å²) in [5.41, 5.74) is 2.43. The first-order valence-electron chi connectivity index (χ1n) is 10.1. The number of carbonyl (C=O) groups excluding carboxylic acids is 2. The Morgan fingerprint density at radius 1 is 0.970 bits per heavy atom. The van der Waals surface area contributed by atoms with Crippen molar-refractivity contribution in [2.75, 3.05) is 0 Å². The first-order chi connectivity index (χ1) is 15.9. The van der Waals surface area contributed by atoms with Gasteiger partial charge >= 0.3 is 7.12 Å². The Balaban J connectivity index is 1.41. The first kappa shape index (κ1) is 22.8. The molecule has 9 heteroatoms. The van der Waals surface area contributed by atoms with Crippen molar-refractivity contribution >= 4 is 41.6 Å². The van der Waals surface area contributed by atoms with E-state index in [0.29, 0.717) is 27.2 Å². The Morgan fingerprint density at radius 2 is 1.67 bits per heavy atom. The number of amides is 2. The predicted octanol–water partition coefficient (Wildman–Crippen LogP) is 3.32. The van der Waals surface area contributed by atoms with E-state index in [1.165, 1.54) is 12.1 Å². The standard InChI is InChI=1S/C24H19BFNO5S/c26-19-9-5-17(6-10-19)14-27-23(28)22(33-24(27)29)13-16-7-11-20(12-8-16)32-15-18-3-1-2-4-21(18)25(30)31/h1-13,30-31H,14-15H2/b22-13-. The number of halogens is 1. The average molecular weight is 463 g/mol. The molecule has 2 N–H and O–H groups in total. The van der Waals surface area contributed by atoms with Crippen molar-refractivity contribution in [2.45, 2.75) is 13.2 Å². The van der Waals surface area contributed by atoms with E-state index < -0.39 is 13.0 Å². The predicted molar refractivity (Wildman–Crippen MR) is 125 cm³/mol. The zero-order chi connectivity index (χ0) is 23.4. The highest BCUT2D eigenvalue weighted by atomic mass is 32.2. The molecule has 0 atom stereocenters. The van der Waals surface area contributed by atoms with Crippen molar-refractivity contribution < 1.29 is 28.8 Å². The minimum Gasteiger partial charge on any atom is -0.489 e. The summed E-state index contributed by atoms with van der Waals surface area (Å²) in [4.78, 5) is 26.4. The highest BCUT2D eigenvalue weighted by Crippen LogP contribution is 2.33. The van der Waals surface area contributed by atoms with Crippen LogP contribution in [0.4, 0.5) is 9.18 Å². The molecule has 0 spiro atoms. The minimum atomic E-state index is -1.58. The molecule has 3 aromatic carbocycles. The van der Waals surface area contributed by atoms with E-state index in [1.807, 2.05) is 0 Å². The van der Waals surface area contributed by atoms with E-state index in [2.05, 4.69) is 0 Å². The summed E-state index contributed by atoms with van der Waals surface area (Å²) in [6.45, 7) is 0.245. The van der Waals surface area contributed by atoms with Gasteiger partial charge in [0.2, 0.25) is 0 Å². The largest absolute Gasteiger partial charge is 0.489 e. The van der Waals surface area contributed by atoms with Gasteiger partial charge in [-0.1, -0.05) is 48.5 Å². The van der Waals surface area contributed by atoms with Crippen LogP contribution in [0.25, 0.3) is 6.08 Å². The van der Waals surface area contributed by atoms with Crippen LogP contribution in [0.3, 0.4) is 0 Å². The second kappa shape index (κ2) is 10.0. The van der Waals surface area contributed by atoms with Crippen molar-refractivity contribution in [2.24, 2.45) is 0 Å². The molecule has 0 saturated carbocycles. The number of carbonyl (C=O) groups is 2. The van der Waals surface area contributed by atoms with Crippen molar-refractivity contribution in [3.63, 3.8) is 0 Å². The summed E-state index contributed by atoms with van der Waals surface area (Å²) < 4.78 is 18.8. The van der Waals surface area contributed by atoms with E-state index in [9.17, 15) is 24.0 Å². The fraction of sp³-hybridized carbons (Fsp3) is 0.0833. The van der Waals surface area contributed by atoms with Gasteiger partial charge in [-0.2, -0.15) is 0 Å². The van der Waals surface area contributed by atoms with Gasteiger partial charge in [0.25, 0.3) is 11.1 Å². The van der Waals surface area contributed by atoms with Gasteiger partial charge < -0.3 is 14.8 Å². The van der Waals surface area contributed by atoms with Crippen LogP contribution in [0.15, 0.2) is 77.7 Å². The quantitative estimate of drug-likeness (QED) is 0.413. The van der Waals surface area contributed by atoms with Gasteiger partial charge in [0.1, 0.15) is 18.2 Å². The van der Waals surface area contributed by atoms with Crippen molar-refractivity contribution in [3.05, 3.63) is 100 Å². The van der Waals surface area contributed by atoms with Gasteiger partial charge in [-0.25, -0.2) is 4.39 Å². The van der Waals surface area contributed by atoms with Crippen LogP contribution in [0.1, 0.15) is 16.7 Å². The second-order valence-corrected chi connectivity index (χ2v) is 8.32. The minimum absolute atomic E-state index is 0.0824. The lowest BCUT2D eigenvalue weighted by Gasteiger charge is -2.12. The van der Waals surface area contributed by atoms with Crippen LogP contribution in [0.5, 0.6) is 5.75 Å². The van der Waals surface area contributed by atoms with Gasteiger partial charge in [0.15, 0.2) is 0 Å². The number of ether oxygens (including phenoxy) is 1. The summed E-state index contributed by atoms with van der Waals surface area (Å²) in [6.07, 6.45) is 1.64. The Labute approximate surface area is 194 Å². The molecule has 1 saturated heterocycles. The Morgan fingerprint density at radius 3 is 2.36 bits per heavy atom. The molecule has 1 heterocycles. The fourth-order valence-electron chi connectivity index (χ4n) is 3.30. The molecular weight excluding hydrogens is 444 g/mol. The normalized spacial score (nSPS) is 14.8. The zero-order valence-corrected chi connectivity index (χ0v) is 18.2. The Bertz CT molecular complexity index is 1200. The maximum absolute atomic E-state index is 13.1. The first-order valence-corrected chi connectivity index (χ1v) is 10.9. The average Bonchev–Trinajstić information content (AvgIpc) is 3.07. The van der Waals surface area contributed by atoms with Crippen LogP contribution >= 0.6 is 11.8 Å². The van der Waals surface area contributed by atoms with Crippen molar-refractivity contribution in [1.29, 1.82) is 0 Å². The third kappa shape index (κ3) is 5.51. The number of hydrogen-bond donors (Lipinski definition) is 2. The highest BCUT2D eigenvalue weighted by Gasteiger charge is 2.34. The summed E-state index contributed by atoms with van der Waals surface area (Å²) in [5, 5.41) is 18.5. The molecule has 0 radical (unpaired) electrons. The molecule has 1 fully saturated rings. The van der Waals surface area contributed by atoms with Crippen LogP contribution in [0, 0.1) is 5.82 Å². The zero-order valence-electron chi connectivity index (χ0n) is 17.3. The number of imide groups is 1. The van der Waals surface area contributed by atoms with Gasteiger partial charge in [0.05, 0.1) is 11.4 Å². The van der Waals surface area contributed by atoms with Gasteiger partial charge in [0, 0.05) is 0 Å². The molecule has 1 aliphatic rings. The lowest BCUT2D eigenvalue weighted by Crippen LogP contribution is -2.33. The molecule has 6 nitrogen and oxygen atoms in total. The molecule has 3 aromatic rings. The maximum atomic E-state index is 13.1. The van der Waals surface area contributed by atoms with Crippen molar-refractivity contribution in [1.82, 2.24) is 4.90 Å². The van der Waals surface area contributed by atoms with Crippen LogP contribution in [-0.4, -0.2) is 33.2 Å². The summed E-state index contributed by atoms with van der Waals surface area (Å²) in [6, 6.07) is 19.5. The van der Waals surface area contributed by atoms with E-state index in [-0.39, 0.29) is 24.2 Å². The van der Waals surface area contributed by atoms with Crippen LogP contribution in [0.2, 0.25) is 0 Å². The molecule has 166 valence electrons. The molecule has 0 bridgehead atoms. The van der Waals surface area contributed by atoms with E-state index >= 15 is 0 Å². The molecule has 0 aliphatic carbocycles. The molecular formula is C24H19BFNO5S. The number of hydrogen-bond acceptors (Lipinski definition) is 6. The molecule has 2 amide bonds. The number of thioether (sulfide) groups is 1. The smallest absolute Gasteiger partial charge is 0.488 e. The van der Waals surface area contributed by atoms with Gasteiger partial charge in [-0.05, 0) is 64.3 Å². The molecule has 0 unspecified atom stereocenters. The molecule has 33 heavy (non-hydrogen) atoms. The van der Waals surface area contributed by atoms with Crippen LogP contribution < -0.4 is 10.2 Å². The summed E-state index contributed by atoms with van der Waals surface area (Å²) >= 11 is 0.861. The molecule has 1 aliphatic heterocycles.